The van der Waals surface area contributed by atoms with Crippen LogP contribution in [0.3, 0.4) is 0 Å². The molecule has 2 heterocycles. The Morgan fingerprint density at radius 3 is 2.86 bits per heavy atom. The summed E-state index contributed by atoms with van der Waals surface area (Å²) in [7, 11) is 0. The lowest BCUT2D eigenvalue weighted by molar-refractivity contribution is -0.121. The highest BCUT2D eigenvalue weighted by atomic mass is 35.5. The predicted molar refractivity (Wildman–Crippen MR) is 53.5 cm³/mol. The van der Waals surface area contributed by atoms with Crippen molar-refractivity contribution in [2.24, 2.45) is 5.92 Å². The van der Waals surface area contributed by atoms with E-state index in [1.807, 2.05) is 6.92 Å². The first-order valence-electron chi connectivity index (χ1n) is 4.20. The molecule has 0 aromatic carbocycles. The Kier molecular flexibility index (Phi) is 3.49. The number of halogens is 1. The molecule has 1 amide bonds. The molecule has 1 aliphatic rings. The van der Waals surface area contributed by atoms with Gasteiger partial charge in [0.25, 0.3) is 0 Å². The van der Waals surface area contributed by atoms with Crippen LogP contribution in [0.15, 0.2) is 10.6 Å². The second-order valence-electron chi connectivity index (χ2n) is 3.18. The summed E-state index contributed by atoms with van der Waals surface area (Å²) in [6.07, 6.45) is 0. The number of hydrogen-bond acceptors (Lipinski definition) is 4. The van der Waals surface area contributed by atoms with Crippen LogP contribution in [0, 0.1) is 12.8 Å². The van der Waals surface area contributed by atoms with Crippen LogP contribution >= 0.6 is 12.4 Å². The van der Waals surface area contributed by atoms with Gasteiger partial charge in [-0.25, -0.2) is 0 Å². The van der Waals surface area contributed by atoms with Crippen LogP contribution in [-0.4, -0.2) is 24.2 Å². The van der Waals surface area contributed by atoms with Gasteiger partial charge in [0.15, 0.2) is 0 Å². The highest BCUT2D eigenvalue weighted by Gasteiger charge is 2.25. The first-order chi connectivity index (χ1) is 6.25. The summed E-state index contributed by atoms with van der Waals surface area (Å²) in [6.45, 7) is 3.31. The topological polar surface area (TPSA) is 67.2 Å². The van der Waals surface area contributed by atoms with Crippen LogP contribution in [0.25, 0.3) is 0 Å². The summed E-state index contributed by atoms with van der Waals surface area (Å²) in [5.41, 5.74) is 0.766. The third-order valence-corrected chi connectivity index (χ3v) is 2.03. The zero-order valence-corrected chi connectivity index (χ0v) is 8.56. The SMILES string of the molecule is Cc1cc(NC(=O)C2CNC2)on1.Cl. The fraction of sp³-hybridized carbons (Fsp3) is 0.500. The van der Waals surface area contributed by atoms with Gasteiger partial charge < -0.3 is 9.84 Å². The van der Waals surface area contributed by atoms with Crippen molar-refractivity contribution in [3.05, 3.63) is 11.8 Å². The van der Waals surface area contributed by atoms with Gasteiger partial charge in [0.05, 0.1) is 11.6 Å². The summed E-state index contributed by atoms with van der Waals surface area (Å²) in [5, 5.41) is 9.35. The predicted octanol–water partition coefficient (Wildman–Crippen LogP) is 0.563. The Bertz CT molecular complexity index is 322. The van der Waals surface area contributed by atoms with Crippen molar-refractivity contribution in [1.82, 2.24) is 10.5 Å². The molecule has 0 unspecified atom stereocenters. The average molecular weight is 218 g/mol. The molecule has 0 radical (unpaired) electrons. The van der Waals surface area contributed by atoms with Crippen molar-refractivity contribution in [2.75, 3.05) is 18.4 Å². The molecule has 6 heteroatoms. The fourth-order valence-corrected chi connectivity index (χ4v) is 1.12. The van der Waals surface area contributed by atoms with Crippen molar-refractivity contribution < 1.29 is 9.32 Å². The summed E-state index contributed by atoms with van der Waals surface area (Å²) in [6, 6.07) is 1.70. The molecule has 14 heavy (non-hydrogen) atoms. The standard InChI is InChI=1S/C8H11N3O2.ClH/c1-5-2-7(13-11-5)10-8(12)6-3-9-4-6;/h2,6,9H,3-4H2,1H3,(H,10,12);1H. The Labute approximate surface area is 87.6 Å². The first kappa shape index (κ1) is 11.0. The maximum Gasteiger partial charge on any atom is 0.232 e. The number of aromatic nitrogens is 1. The monoisotopic (exact) mass is 217 g/mol. The number of carbonyl (C=O) groups is 1. The third kappa shape index (κ3) is 2.24. The van der Waals surface area contributed by atoms with Crippen molar-refractivity contribution in [3.8, 4) is 0 Å². The maximum absolute atomic E-state index is 11.4. The van der Waals surface area contributed by atoms with E-state index in [0.29, 0.717) is 5.88 Å². The Balaban J connectivity index is 0.000000980. The molecule has 0 aliphatic carbocycles. The molecule has 1 saturated heterocycles. The van der Waals surface area contributed by atoms with Gasteiger partial charge in [0.1, 0.15) is 0 Å². The molecule has 1 aliphatic heterocycles. The molecule has 1 aromatic heterocycles. The van der Waals surface area contributed by atoms with Crippen molar-refractivity contribution >= 4 is 24.2 Å². The largest absolute Gasteiger partial charge is 0.338 e. The van der Waals surface area contributed by atoms with Gasteiger partial charge in [-0.15, -0.1) is 12.4 Å². The lowest BCUT2D eigenvalue weighted by Crippen LogP contribution is -2.48. The van der Waals surface area contributed by atoms with Crippen LogP contribution in [0.5, 0.6) is 0 Å². The number of carbonyl (C=O) groups excluding carboxylic acids is 1. The van der Waals surface area contributed by atoms with Crippen LogP contribution in [0.2, 0.25) is 0 Å². The smallest absolute Gasteiger partial charge is 0.232 e. The molecule has 0 spiro atoms. The number of rotatable bonds is 2. The number of aryl methyl sites for hydroxylation is 1. The number of hydrogen-bond donors (Lipinski definition) is 2. The quantitative estimate of drug-likeness (QED) is 0.760. The Morgan fingerprint density at radius 2 is 2.43 bits per heavy atom. The van der Waals surface area contributed by atoms with E-state index in [4.69, 9.17) is 4.52 Å². The third-order valence-electron chi connectivity index (χ3n) is 2.03. The average Bonchev–Trinajstić information content (AvgIpc) is 2.31. The molecule has 0 atom stereocenters. The van der Waals surface area contributed by atoms with Crippen LogP contribution in [0.1, 0.15) is 5.69 Å². The molecule has 2 N–H and O–H groups in total. The number of amides is 1. The minimum Gasteiger partial charge on any atom is -0.338 e. The van der Waals surface area contributed by atoms with E-state index in [-0.39, 0.29) is 24.2 Å². The summed E-state index contributed by atoms with van der Waals surface area (Å²) in [4.78, 5) is 11.4. The highest BCUT2D eigenvalue weighted by Crippen LogP contribution is 2.11. The molecular weight excluding hydrogens is 206 g/mol. The fourth-order valence-electron chi connectivity index (χ4n) is 1.12. The lowest BCUT2D eigenvalue weighted by Gasteiger charge is -2.24. The van der Waals surface area contributed by atoms with Gasteiger partial charge in [-0.05, 0) is 6.92 Å². The Morgan fingerprint density at radius 1 is 1.71 bits per heavy atom. The van der Waals surface area contributed by atoms with Crippen LogP contribution in [0.4, 0.5) is 5.88 Å². The second kappa shape index (κ2) is 4.43. The molecule has 0 bridgehead atoms. The molecule has 5 nitrogen and oxygen atoms in total. The number of nitrogens with one attached hydrogen (secondary N) is 2. The molecular formula is C8H12ClN3O2. The molecule has 78 valence electrons. The highest BCUT2D eigenvalue weighted by molar-refractivity contribution is 5.92. The first-order valence-corrected chi connectivity index (χ1v) is 4.20. The van der Waals surface area contributed by atoms with Gasteiger partial charge in [-0.3, -0.25) is 10.1 Å². The van der Waals surface area contributed by atoms with E-state index < -0.39 is 0 Å². The lowest BCUT2D eigenvalue weighted by atomic mass is 10.0. The normalized spacial score (nSPS) is 15.5. The van der Waals surface area contributed by atoms with E-state index in [1.54, 1.807) is 6.07 Å². The van der Waals surface area contributed by atoms with Gasteiger partial charge in [-0.1, -0.05) is 5.16 Å². The molecule has 0 saturated carbocycles. The Hall–Kier alpha value is -1.07. The zero-order valence-electron chi connectivity index (χ0n) is 7.74. The number of nitrogens with zero attached hydrogens (tertiary/aromatic N) is 1. The van der Waals surface area contributed by atoms with Gasteiger partial charge in [0.2, 0.25) is 11.8 Å². The van der Waals surface area contributed by atoms with Gasteiger partial charge >= 0.3 is 0 Å². The van der Waals surface area contributed by atoms with Crippen molar-refractivity contribution in [2.45, 2.75) is 6.92 Å². The van der Waals surface area contributed by atoms with Crippen molar-refractivity contribution in [3.63, 3.8) is 0 Å². The summed E-state index contributed by atoms with van der Waals surface area (Å²) >= 11 is 0. The summed E-state index contributed by atoms with van der Waals surface area (Å²) < 4.78 is 4.85. The van der Waals surface area contributed by atoms with Gasteiger partial charge in [0, 0.05) is 19.2 Å². The van der Waals surface area contributed by atoms with E-state index >= 15 is 0 Å². The van der Waals surface area contributed by atoms with Gasteiger partial charge in [-0.2, -0.15) is 0 Å². The van der Waals surface area contributed by atoms with Crippen molar-refractivity contribution in [1.29, 1.82) is 0 Å². The second-order valence-corrected chi connectivity index (χ2v) is 3.18. The molecule has 2 rings (SSSR count). The van der Waals surface area contributed by atoms with E-state index in [0.717, 1.165) is 18.8 Å². The van der Waals surface area contributed by atoms with E-state index in [2.05, 4.69) is 15.8 Å². The minimum atomic E-state index is -0.00472. The van der Waals surface area contributed by atoms with Crippen LogP contribution < -0.4 is 10.6 Å². The minimum absolute atomic E-state index is 0. The molecule has 1 aromatic rings. The maximum atomic E-state index is 11.4. The molecule has 1 fully saturated rings. The van der Waals surface area contributed by atoms with E-state index in [9.17, 15) is 4.79 Å². The summed E-state index contributed by atoms with van der Waals surface area (Å²) in [5.74, 6) is 0.495. The van der Waals surface area contributed by atoms with Crippen LogP contribution in [-0.2, 0) is 4.79 Å². The zero-order chi connectivity index (χ0) is 9.26. The number of anilines is 1. The van der Waals surface area contributed by atoms with E-state index in [1.165, 1.54) is 0 Å².